The SMILES string of the molecule is CCOCc1ccccc1CNC(=NC)NCc1ccccn1.I. The van der Waals surface area contributed by atoms with Crippen LogP contribution in [0.3, 0.4) is 0 Å². The van der Waals surface area contributed by atoms with Crippen molar-refractivity contribution in [1.82, 2.24) is 15.6 Å². The molecule has 5 nitrogen and oxygen atoms in total. The van der Waals surface area contributed by atoms with Gasteiger partial charge >= 0.3 is 0 Å². The molecule has 0 spiro atoms. The van der Waals surface area contributed by atoms with Gasteiger partial charge in [-0.15, -0.1) is 24.0 Å². The first kappa shape index (κ1) is 20.4. The van der Waals surface area contributed by atoms with E-state index in [2.05, 4.69) is 32.7 Å². The fourth-order valence-electron chi connectivity index (χ4n) is 2.16. The molecule has 0 saturated carbocycles. The largest absolute Gasteiger partial charge is 0.377 e. The average Bonchev–Trinajstić information content (AvgIpc) is 2.61. The van der Waals surface area contributed by atoms with Crippen LogP contribution in [0, 0.1) is 0 Å². The van der Waals surface area contributed by atoms with E-state index in [4.69, 9.17) is 4.74 Å². The van der Waals surface area contributed by atoms with Crippen molar-refractivity contribution in [3.8, 4) is 0 Å². The highest BCUT2D eigenvalue weighted by Crippen LogP contribution is 2.09. The summed E-state index contributed by atoms with van der Waals surface area (Å²) in [6.45, 7) is 4.69. The van der Waals surface area contributed by atoms with Gasteiger partial charge in [0.15, 0.2) is 5.96 Å². The van der Waals surface area contributed by atoms with Crippen molar-refractivity contribution in [2.45, 2.75) is 26.6 Å². The molecule has 130 valence electrons. The summed E-state index contributed by atoms with van der Waals surface area (Å²) in [6, 6.07) is 14.1. The van der Waals surface area contributed by atoms with Gasteiger partial charge in [-0.1, -0.05) is 30.3 Å². The van der Waals surface area contributed by atoms with E-state index in [-0.39, 0.29) is 24.0 Å². The number of nitrogens with zero attached hydrogens (tertiary/aromatic N) is 2. The minimum absolute atomic E-state index is 0. The zero-order valence-electron chi connectivity index (χ0n) is 14.2. The normalized spacial score (nSPS) is 10.8. The third kappa shape index (κ3) is 6.84. The number of guanidine groups is 1. The Hall–Kier alpha value is -1.67. The highest BCUT2D eigenvalue weighted by Gasteiger charge is 2.04. The van der Waals surface area contributed by atoms with Crippen molar-refractivity contribution < 1.29 is 4.74 Å². The molecule has 0 saturated heterocycles. The van der Waals surface area contributed by atoms with Crippen LogP contribution < -0.4 is 10.6 Å². The van der Waals surface area contributed by atoms with Crippen LogP contribution >= 0.6 is 24.0 Å². The van der Waals surface area contributed by atoms with Crippen molar-refractivity contribution in [1.29, 1.82) is 0 Å². The van der Waals surface area contributed by atoms with E-state index in [0.29, 0.717) is 19.7 Å². The number of pyridine rings is 1. The number of hydrogen-bond donors (Lipinski definition) is 2. The molecular weight excluding hydrogens is 415 g/mol. The van der Waals surface area contributed by atoms with E-state index < -0.39 is 0 Å². The molecule has 0 aliphatic heterocycles. The first-order valence-electron chi connectivity index (χ1n) is 7.82. The number of benzene rings is 1. The molecule has 1 aromatic heterocycles. The molecule has 24 heavy (non-hydrogen) atoms. The third-order valence-corrected chi connectivity index (χ3v) is 3.41. The maximum Gasteiger partial charge on any atom is 0.191 e. The first-order chi connectivity index (χ1) is 11.3. The summed E-state index contributed by atoms with van der Waals surface area (Å²) in [7, 11) is 1.76. The van der Waals surface area contributed by atoms with Crippen LogP contribution in [-0.4, -0.2) is 24.6 Å². The molecule has 1 heterocycles. The van der Waals surface area contributed by atoms with Gasteiger partial charge in [0.1, 0.15) is 0 Å². The van der Waals surface area contributed by atoms with Crippen LogP contribution in [0.25, 0.3) is 0 Å². The van der Waals surface area contributed by atoms with Crippen molar-refractivity contribution in [3.63, 3.8) is 0 Å². The average molecular weight is 440 g/mol. The first-order valence-corrected chi connectivity index (χ1v) is 7.82. The van der Waals surface area contributed by atoms with Gasteiger partial charge in [0, 0.05) is 26.4 Å². The number of aliphatic imine (C=N–C) groups is 1. The molecule has 0 aliphatic rings. The number of halogens is 1. The Balaban J connectivity index is 0.00000288. The Labute approximate surface area is 161 Å². The molecule has 0 aliphatic carbocycles. The minimum Gasteiger partial charge on any atom is -0.377 e. The van der Waals surface area contributed by atoms with E-state index in [0.717, 1.165) is 18.3 Å². The van der Waals surface area contributed by atoms with Crippen LogP contribution in [0.5, 0.6) is 0 Å². The van der Waals surface area contributed by atoms with E-state index >= 15 is 0 Å². The quantitative estimate of drug-likeness (QED) is 0.395. The molecule has 2 rings (SSSR count). The lowest BCUT2D eigenvalue weighted by atomic mass is 10.1. The molecule has 1 aromatic carbocycles. The Morgan fingerprint density at radius 1 is 1.04 bits per heavy atom. The fraction of sp³-hybridized carbons (Fsp3) is 0.333. The lowest BCUT2D eigenvalue weighted by molar-refractivity contribution is 0.133. The monoisotopic (exact) mass is 440 g/mol. The topological polar surface area (TPSA) is 58.5 Å². The van der Waals surface area contributed by atoms with Gasteiger partial charge in [0.25, 0.3) is 0 Å². The Bertz CT molecular complexity index is 619. The van der Waals surface area contributed by atoms with Gasteiger partial charge < -0.3 is 15.4 Å². The van der Waals surface area contributed by atoms with Gasteiger partial charge in [-0.25, -0.2) is 0 Å². The van der Waals surface area contributed by atoms with Gasteiger partial charge in [0.05, 0.1) is 18.8 Å². The maximum absolute atomic E-state index is 5.52. The highest BCUT2D eigenvalue weighted by molar-refractivity contribution is 14.0. The lowest BCUT2D eigenvalue weighted by Gasteiger charge is -2.14. The summed E-state index contributed by atoms with van der Waals surface area (Å²) in [5.74, 6) is 0.752. The summed E-state index contributed by atoms with van der Waals surface area (Å²) >= 11 is 0. The fourth-order valence-corrected chi connectivity index (χ4v) is 2.16. The number of nitrogens with one attached hydrogen (secondary N) is 2. The van der Waals surface area contributed by atoms with Crippen molar-refractivity contribution >= 4 is 29.9 Å². The molecular formula is C18H25IN4O. The second-order valence-corrected chi connectivity index (χ2v) is 5.01. The standard InChI is InChI=1S/C18H24N4O.HI/c1-3-23-14-16-9-5-4-8-15(16)12-21-18(19-2)22-13-17-10-6-7-11-20-17;/h4-11H,3,12-14H2,1-2H3,(H2,19,21,22);1H. The molecule has 2 N–H and O–H groups in total. The summed E-state index contributed by atoms with van der Waals surface area (Å²) in [5.41, 5.74) is 3.39. The van der Waals surface area contributed by atoms with Gasteiger partial charge in [-0.05, 0) is 30.2 Å². The van der Waals surface area contributed by atoms with Gasteiger partial charge in [0.2, 0.25) is 0 Å². The molecule has 2 aromatic rings. The van der Waals surface area contributed by atoms with Crippen LogP contribution in [0.4, 0.5) is 0 Å². The summed E-state index contributed by atoms with van der Waals surface area (Å²) in [6.07, 6.45) is 1.79. The molecule has 0 fully saturated rings. The lowest BCUT2D eigenvalue weighted by Crippen LogP contribution is -2.36. The Morgan fingerprint density at radius 3 is 2.42 bits per heavy atom. The van der Waals surface area contributed by atoms with Crippen molar-refractivity contribution in [2.24, 2.45) is 4.99 Å². The van der Waals surface area contributed by atoms with E-state index in [1.54, 1.807) is 13.2 Å². The van der Waals surface area contributed by atoms with Crippen molar-refractivity contribution in [3.05, 3.63) is 65.5 Å². The predicted molar refractivity (Wildman–Crippen MR) is 108 cm³/mol. The zero-order chi connectivity index (χ0) is 16.3. The summed E-state index contributed by atoms with van der Waals surface area (Å²) < 4.78 is 5.52. The highest BCUT2D eigenvalue weighted by atomic mass is 127. The molecule has 0 radical (unpaired) electrons. The van der Waals surface area contributed by atoms with Crippen LogP contribution in [0.2, 0.25) is 0 Å². The van der Waals surface area contributed by atoms with E-state index in [1.165, 1.54) is 11.1 Å². The van der Waals surface area contributed by atoms with Crippen LogP contribution in [0.1, 0.15) is 23.7 Å². The Morgan fingerprint density at radius 2 is 1.75 bits per heavy atom. The molecule has 6 heteroatoms. The van der Waals surface area contributed by atoms with E-state index in [1.807, 2.05) is 37.3 Å². The van der Waals surface area contributed by atoms with Crippen LogP contribution in [-0.2, 0) is 24.4 Å². The predicted octanol–water partition coefficient (Wildman–Crippen LogP) is 3.10. The second kappa shape index (κ2) is 11.8. The van der Waals surface area contributed by atoms with Crippen molar-refractivity contribution in [2.75, 3.05) is 13.7 Å². The van der Waals surface area contributed by atoms with Crippen LogP contribution in [0.15, 0.2) is 53.7 Å². The molecule has 0 bridgehead atoms. The zero-order valence-corrected chi connectivity index (χ0v) is 16.5. The molecule has 0 amide bonds. The van der Waals surface area contributed by atoms with Gasteiger partial charge in [-0.2, -0.15) is 0 Å². The number of rotatable bonds is 7. The Kier molecular flexibility index (Phi) is 10.0. The molecule has 0 unspecified atom stereocenters. The number of hydrogen-bond acceptors (Lipinski definition) is 3. The maximum atomic E-state index is 5.52. The second-order valence-electron chi connectivity index (χ2n) is 5.01. The smallest absolute Gasteiger partial charge is 0.191 e. The summed E-state index contributed by atoms with van der Waals surface area (Å²) in [5, 5.41) is 6.59. The van der Waals surface area contributed by atoms with Gasteiger partial charge in [-0.3, -0.25) is 9.98 Å². The van der Waals surface area contributed by atoms with E-state index in [9.17, 15) is 0 Å². The number of aromatic nitrogens is 1. The minimum atomic E-state index is 0. The summed E-state index contributed by atoms with van der Waals surface area (Å²) in [4.78, 5) is 8.53. The third-order valence-electron chi connectivity index (χ3n) is 3.41. The number of ether oxygens (including phenoxy) is 1. The molecule has 0 atom stereocenters.